The fraction of sp³-hybridized carbons (Fsp3) is 0. The lowest BCUT2D eigenvalue weighted by atomic mass is 10.2. The predicted molar refractivity (Wildman–Crippen MR) is 110 cm³/mol. The topological polar surface area (TPSA) is 104 Å². The summed E-state index contributed by atoms with van der Waals surface area (Å²) in [5.41, 5.74) is 5.47. The second-order valence-corrected chi connectivity index (χ2v) is 8.03. The van der Waals surface area contributed by atoms with Crippen LogP contribution in [0.4, 0.5) is 5.69 Å². The van der Waals surface area contributed by atoms with Crippen molar-refractivity contribution in [3.63, 3.8) is 0 Å². The first-order chi connectivity index (χ1) is 13.8. The van der Waals surface area contributed by atoms with E-state index < -0.39 is 21.8 Å². The maximum Gasteiger partial charge on any atom is 0.269 e. The molecular formula is C20H16ClN3O4S. The van der Waals surface area contributed by atoms with E-state index in [0.717, 1.165) is 0 Å². The molecule has 0 fully saturated rings. The van der Waals surface area contributed by atoms with Gasteiger partial charge in [0, 0.05) is 21.8 Å². The second-order valence-electron chi connectivity index (χ2n) is 5.91. The van der Waals surface area contributed by atoms with E-state index in [-0.39, 0.29) is 10.5 Å². The van der Waals surface area contributed by atoms with Crippen LogP contribution in [0.2, 0.25) is 5.02 Å². The highest BCUT2D eigenvalue weighted by atomic mass is 35.5. The van der Waals surface area contributed by atoms with Gasteiger partial charge in [-0.15, -0.1) is 0 Å². The van der Waals surface area contributed by atoms with E-state index in [1.807, 2.05) is 0 Å². The van der Waals surface area contributed by atoms with E-state index in [2.05, 4.69) is 15.6 Å². The zero-order valence-electron chi connectivity index (χ0n) is 14.9. The van der Waals surface area contributed by atoms with E-state index in [9.17, 15) is 18.0 Å². The van der Waals surface area contributed by atoms with Crippen LogP contribution in [0.15, 0.2) is 83.8 Å². The molecule has 29 heavy (non-hydrogen) atoms. The van der Waals surface area contributed by atoms with Crippen LogP contribution in [-0.2, 0) is 10.0 Å². The van der Waals surface area contributed by atoms with Gasteiger partial charge in [-0.1, -0.05) is 29.8 Å². The van der Waals surface area contributed by atoms with Crippen LogP contribution in [0.5, 0.6) is 0 Å². The third-order valence-electron chi connectivity index (χ3n) is 3.85. The Morgan fingerprint density at radius 3 is 1.69 bits per heavy atom. The lowest BCUT2D eigenvalue weighted by molar-refractivity contribution is 0.0846. The van der Waals surface area contributed by atoms with Crippen LogP contribution in [0, 0.1) is 0 Å². The summed E-state index contributed by atoms with van der Waals surface area (Å²) < 4.78 is 27.1. The maximum atomic E-state index is 12.3. The van der Waals surface area contributed by atoms with Gasteiger partial charge in [-0.2, -0.15) is 0 Å². The number of sulfonamides is 1. The number of nitrogens with one attached hydrogen (secondary N) is 3. The smallest absolute Gasteiger partial charge is 0.269 e. The summed E-state index contributed by atoms with van der Waals surface area (Å²) in [4.78, 5) is 24.3. The minimum atomic E-state index is -3.72. The van der Waals surface area contributed by atoms with E-state index in [0.29, 0.717) is 16.3 Å². The summed E-state index contributed by atoms with van der Waals surface area (Å²) in [5, 5.41) is 0.494. The molecule has 0 bridgehead atoms. The molecule has 3 aromatic rings. The zero-order valence-corrected chi connectivity index (χ0v) is 16.5. The molecule has 0 aliphatic heterocycles. The van der Waals surface area contributed by atoms with E-state index in [4.69, 9.17) is 11.6 Å². The Bertz CT molecular complexity index is 1120. The van der Waals surface area contributed by atoms with Crippen LogP contribution in [-0.4, -0.2) is 20.2 Å². The lowest BCUT2D eigenvalue weighted by Gasteiger charge is -2.10. The molecule has 0 radical (unpaired) electrons. The fourth-order valence-electron chi connectivity index (χ4n) is 2.36. The average molecular weight is 430 g/mol. The molecule has 0 saturated heterocycles. The van der Waals surface area contributed by atoms with Crippen molar-refractivity contribution >= 4 is 39.1 Å². The van der Waals surface area contributed by atoms with Crippen molar-refractivity contribution in [1.82, 2.24) is 10.9 Å². The van der Waals surface area contributed by atoms with Crippen LogP contribution >= 0.6 is 11.6 Å². The highest BCUT2D eigenvalue weighted by molar-refractivity contribution is 7.92. The summed E-state index contributed by atoms with van der Waals surface area (Å²) in [6.07, 6.45) is 0. The van der Waals surface area contributed by atoms with Gasteiger partial charge in [0.2, 0.25) is 0 Å². The van der Waals surface area contributed by atoms with Crippen LogP contribution in [0.1, 0.15) is 20.7 Å². The van der Waals surface area contributed by atoms with Gasteiger partial charge in [0.1, 0.15) is 0 Å². The number of hydrogen-bond acceptors (Lipinski definition) is 4. The lowest BCUT2D eigenvalue weighted by Crippen LogP contribution is -2.41. The Labute approximate surface area is 172 Å². The Kier molecular flexibility index (Phi) is 6.16. The van der Waals surface area contributed by atoms with E-state index in [1.54, 1.807) is 30.3 Å². The first-order valence-electron chi connectivity index (χ1n) is 8.39. The molecular weight excluding hydrogens is 414 g/mol. The maximum absolute atomic E-state index is 12.3. The van der Waals surface area contributed by atoms with Crippen molar-refractivity contribution in [3.05, 3.63) is 95.0 Å². The summed E-state index contributed by atoms with van der Waals surface area (Å²) >= 11 is 5.77. The van der Waals surface area contributed by atoms with Gasteiger partial charge in [-0.25, -0.2) is 8.42 Å². The molecule has 0 unspecified atom stereocenters. The highest BCUT2D eigenvalue weighted by Crippen LogP contribution is 2.16. The Balaban J connectivity index is 1.60. The van der Waals surface area contributed by atoms with Crippen molar-refractivity contribution in [2.75, 3.05) is 4.72 Å². The Hall–Kier alpha value is -3.36. The van der Waals surface area contributed by atoms with Crippen LogP contribution in [0.3, 0.4) is 0 Å². The molecule has 0 heterocycles. The first-order valence-corrected chi connectivity index (χ1v) is 10.3. The van der Waals surface area contributed by atoms with Crippen LogP contribution < -0.4 is 15.6 Å². The monoisotopic (exact) mass is 429 g/mol. The van der Waals surface area contributed by atoms with Gasteiger partial charge < -0.3 is 0 Å². The molecule has 148 valence electrons. The van der Waals surface area contributed by atoms with Crippen molar-refractivity contribution < 1.29 is 18.0 Å². The van der Waals surface area contributed by atoms with E-state index in [1.165, 1.54) is 48.5 Å². The number of amides is 2. The molecule has 7 nitrogen and oxygen atoms in total. The van der Waals surface area contributed by atoms with E-state index >= 15 is 0 Å². The summed E-state index contributed by atoms with van der Waals surface area (Å²) in [7, 11) is -3.72. The molecule has 0 spiro atoms. The number of carbonyl (C=O) groups is 2. The van der Waals surface area contributed by atoms with Gasteiger partial charge in [0.25, 0.3) is 21.8 Å². The first kappa shape index (κ1) is 20.4. The minimum Gasteiger partial charge on any atom is -0.280 e. The number of hydrogen-bond donors (Lipinski definition) is 3. The van der Waals surface area contributed by atoms with Crippen molar-refractivity contribution in [2.24, 2.45) is 0 Å². The summed E-state index contributed by atoms with van der Waals surface area (Å²) in [5.74, 6) is -1.05. The Morgan fingerprint density at radius 2 is 1.17 bits per heavy atom. The largest absolute Gasteiger partial charge is 0.280 e. The van der Waals surface area contributed by atoms with Gasteiger partial charge in [-0.05, 0) is 60.7 Å². The molecule has 3 rings (SSSR count). The summed E-state index contributed by atoms with van der Waals surface area (Å²) in [6.45, 7) is 0. The normalized spacial score (nSPS) is 10.8. The third kappa shape index (κ3) is 5.34. The van der Waals surface area contributed by atoms with Gasteiger partial charge >= 0.3 is 0 Å². The molecule has 2 amide bonds. The minimum absolute atomic E-state index is 0.131. The fourth-order valence-corrected chi connectivity index (χ4v) is 3.57. The molecule has 0 saturated carbocycles. The number of rotatable bonds is 5. The van der Waals surface area contributed by atoms with Crippen molar-refractivity contribution in [3.8, 4) is 0 Å². The van der Waals surface area contributed by atoms with Crippen molar-refractivity contribution in [1.29, 1.82) is 0 Å². The van der Waals surface area contributed by atoms with Gasteiger partial charge in [-0.3, -0.25) is 25.2 Å². The number of halogens is 1. The molecule has 3 aromatic carbocycles. The standard InChI is InChI=1S/C20H16ClN3O4S/c21-16-10-6-14(7-11-16)19(25)22-23-20(26)15-8-12-17(13-9-15)24-29(27,28)18-4-2-1-3-5-18/h1-13,24H,(H,22,25)(H,23,26). The van der Waals surface area contributed by atoms with Crippen molar-refractivity contribution in [2.45, 2.75) is 4.90 Å². The molecule has 0 atom stereocenters. The van der Waals surface area contributed by atoms with Gasteiger partial charge in [0.15, 0.2) is 0 Å². The second kappa shape index (κ2) is 8.76. The van der Waals surface area contributed by atoms with Crippen LogP contribution in [0.25, 0.3) is 0 Å². The average Bonchev–Trinajstić information content (AvgIpc) is 2.73. The van der Waals surface area contributed by atoms with Gasteiger partial charge in [0.05, 0.1) is 4.90 Å². The molecule has 0 aromatic heterocycles. The molecule has 3 N–H and O–H groups in total. The summed E-state index contributed by atoms with van der Waals surface area (Å²) in [6, 6.07) is 19.9. The highest BCUT2D eigenvalue weighted by Gasteiger charge is 2.14. The molecule has 0 aliphatic rings. The number of carbonyl (C=O) groups excluding carboxylic acids is 2. The predicted octanol–water partition coefficient (Wildman–Crippen LogP) is 3.22. The quantitative estimate of drug-likeness (QED) is 0.541. The Morgan fingerprint density at radius 1 is 0.690 bits per heavy atom. The molecule has 9 heteroatoms. The number of hydrazine groups is 1. The third-order valence-corrected chi connectivity index (χ3v) is 5.50. The SMILES string of the molecule is O=C(NNC(=O)c1ccc(NS(=O)(=O)c2ccccc2)cc1)c1ccc(Cl)cc1. The molecule has 0 aliphatic carbocycles. The zero-order chi connectivity index (χ0) is 20.9. The number of anilines is 1. The number of benzene rings is 3.